The Morgan fingerprint density at radius 2 is 2.10 bits per heavy atom. The fourth-order valence-corrected chi connectivity index (χ4v) is 4.47. The molecular formula is C13H18FNO4S2. The van der Waals surface area contributed by atoms with Crippen LogP contribution in [0.15, 0.2) is 23.1 Å². The highest BCUT2D eigenvalue weighted by Gasteiger charge is 2.31. The summed E-state index contributed by atoms with van der Waals surface area (Å²) in [4.78, 5) is 10.6. The molecule has 21 heavy (non-hydrogen) atoms. The summed E-state index contributed by atoms with van der Waals surface area (Å²) in [6.07, 6.45) is 2.43. The summed E-state index contributed by atoms with van der Waals surface area (Å²) in [5.74, 6) is -1.62. The lowest BCUT2D eigenvalue weighted by molar-refractivity contribution is 0.0692. The molecule has 0 heterocycles. The second-order valence-corrected chi connectivity index (χ2v) is 7.36. The third-order valence-electron chi connectivity index (χ3n) is 3.18. The van der Waals surface area contributed by atoms with Gasteiger partial charge in [-0.15, -0.1) is 0 Å². The molecule has 0 bridgehead atoms. The molecule has 1 rings (SSSR count). The molecule has 1 atom stereocenters. The molecule has 0 saturated carbocycles. The summed E-state index contributed by atoms with van der Waals surface area (Å²) in [6.45, 7) is 1.84. The number of benzene rings is 1. The van der Waals surface area contributed by atoms with Crippen molar-refractivity contribution in [1.29, 1.82) is 0 Å². The Bertz CT molecular complexity index is 619. The van der Waals surface area contributed by atoms with Crippen LogP contribution >= 0.6 is 11.8 Å². The van der Waals surface area contributed by atoms with Crippen LogP contribution < -0.4 is 0 Å². The molecule has 1 aromatic carbocycles. The van der Waals surface area contributed by atoms with Crippen LogP contribution in [0.2, 0.25) is 0 Å². The van der Waals surface area contributed by atoms with Gasteiger partial charge in [0.05, 0.1) is 10.5 Å². The second kappa shape index (κ2) is 7.24. The lowest BCUT2D eigenvalue weighted by atomic mass is 10.2. The summed E-state index contributed by atoms with van der Waals surface area (Å²) in [5, 5.41) is 9.09. The van der Waals surface area contributed by atoms with Crippen molar-refractivity contribution in [3.05, 3.63) is 29.6 Å². The Morgan fingerprint density at radius 1 is 1.48 bits per heavy atom. The average molecular weight is 335 g/mol. The molecule has 0 amide bonds. The minimum atomic E-state index is -4.07. The van der Waals surface area contributed by atoms with Crippen LogP contribution in [-0.2, 0) is 10.0 Å². The Labute approximate surface area is 128 Å². The van der Waals surface area contributed by atoms with Crippen LogP contribution in [0.4, 0.5) is 4.39 Å². The van der Waals surface area contributed by atoms with Gasteiger partial charge in [-0.1, -0.05) is 6.92 Å². The maximum Gasteiger partial charge on any atom is 0.337 e. The zero-order valence-electron chi connectivity index (χ0n) is 12.0. The summed E-state index contributed by atoms with van der Waals surface area (Å²) in [5.41, 5.74) is -0.428. The lowest BCUT2D eigenvalue weighted by Gasteiger charge is -2.26. The smallest absolute Gasteiger partial charge is 0.337 e. The maximum absolute atomic E-state index is 13.4. The van der Waals surface area contributed by atoms with Gasteiger partial charge in [-0.25, -0.2) is 17.6 Å². The molecular weight excluding hydrogens is 317 g/mol. The number of hydrogen-bond acceptors (Lipinski definition) is 4. The number of halogens is 1. The third-order valence-corrected chi connectivity index (χ3v) is 5.84. The van der Waals surface area contributed by atoms with Gasteiger partial charge in [0.15, 0.2) is 0 Å². The van der Waals surface area contributed by atoms with Gasteiger partial charge in [0.25, 0.3) is 0 Å². The van der Waals surface area contributed by atoms with Crippen molar-refractivity contribution in [2.24, 2.45) is 0 Å². The monoisotopic (exact) mass is 335 g/mol. The van der Waals surface area contributed by atoms with Gasteiger partial charge in [-0.3, -0.25) is 0 Å². The van der Waals surface area contributed by atoms with Crippen LogP contribution in [0.1, 0.15) is 23.7 Å². The molecule has 0 spiro atoms. The van der Waals surface area contributed by atoms with E-state index in [0.717, 1.165) is 22.5 Å². The Morgan fingerprint density at radius 3 is 2.57 bits per heavy atom. The van der Waals surface area contributed by atoms with Gasteiger partial charge < -0.3 is 5.11 Å². The molecule has 5 nitrogen and oxygen atoms in total. The van der Waals surface area contributed by atoms with E-state index in [1.807, 2.05) is 13.2 Å². The highest BCUT2D eigenvalue weighted by atomic mass is 32.2. The summed E-state index contributed by atoms with van der Waals surface area (Å²) in [7, 11) is -2.69. The highest BCUT2D eigenvalue weighted by Crippen LogP contribution is 2.24. The Balaban J connectivity index is 3.36. The first-order valence-electron chi connectivity index (χ1n) is 6.25. The summed E-state index contributed by atoms with van der Waals surface area (Å²) in [6, 6.07) is 2.37. The van der Waals surface area contributed by atoms with E-state index in [1.165, 1.54) is 18.8 Å². The van der Waals surface area contributed by atoms with Crippen molar-refractivity contribution < 1.29 is 22.7 Å². The van der Waals surface area contributed by atoms with E-state index < -0.39 is 32.3 Å². The highest BCUT2D eigenvalue weighted by molar-refractivity contribution is 7.98. The number of carboxylic acids is 1. The number of nitrogens with zero attached hydrogens (tertiary/aromatic N) is 1. The van der Waals surface area contributed by atoms with Crippen molar-refractivity contribution in [2.45, 2.75) is 24.3 Å². The molecule has 0 radical (unpaired) electrons. The van der Waals surface area contributed by atoms with Crippen LogP contribution in [0, 0.1) is 5.82 Å². The van der Waals surface area contributed by atoms with Gasteiger partial charge >= 0.3 is 5.97 Å². The molecule has 0 aliphatic rings. The number of rotatable bonds is 7. The van der Waals surface area contributed by atoms with Crippen LogP contribution in [0.3, 0.4) is 0 Å². The van der Waals surface area contributed by atoms with Gasteiger partial charge in [0, 0.05) is 18.8 Å². The number of carboxylic acid groups (broad SMARTS) is 1. The van der Waals surface area contributed by atoms with E-state index >= 15 is 0 Å². The van der Waals surface area contributed by atoms with Crippen molar-refractivity contribution >= 4 is 27.8 Å². The van der Waals surface area contributed by atoms with Gasteiger partial charge in [0.1, 0.15) is 5.82 Å². The van der Waals surface area contributed by atoms with Crippen molar-refractivity contribution in [1.82, 2.24) is 4.31 Å². The molecule has 1 aromatic rings. The third kappa shape index (κ3) is 3.96. The van der Waals surface area contributed by atoms with E-state index in [1.54, 1.807) is 0 Å². The number of carbonyl (C=O) groups is 1. The molecule has 0 saturated heterocycles. The van der Waals surface area contributed by atoms with E-state index in [-0.39, 0.29) is 6.04 Å². The fourth-order valence-electron chi connectivity index (χ4n) is 1.91. The fraction of sp³-hybridized carbons (Fsp3) is 0.462. The van der Waals surface area contributed by atoms with Gasteiger partial charge in [0.2, 0.25) is 10.0 Å². The molecule has 0 aliphatic carbocycles. The minimum Gasteiger partial charge on any atom is -0.478 e. The maximum atomic E-state index is 13.4. The molecule has 118 valence electrons. The van der Waals surface area contributed by atoms with Crippen LogP contribution in [0.25, 0.3) is 0 Å². The SMILES string of the molecule is CCC(CSC)N(C)S(=O)(=O)c1cc(F)ccc1C(=O)O. The summed E-state index contributed by atoms with van der Waals surface area (Å²) < 4.78 is 39.6. The second-order valence-electron chi connectivity index (χ2n) is 4.48. The molecule has 0 aromatic heterocycles. The predicted molar refractivity (Wildman–Crippen MR) is 80.8 cm³/mol. The average Bonchev–Trinajstić information content (AvgIpc) is 2.43. The van der Waals surface area contributed by atoms with Crippen molar-refractivity contribution in [3.8, 4) is 0 Å². The van der Waals surface area contributed by atoms with E-state index in [0.29, 0.717) is 12.2 Å². The zero-order valence-corrected chi connectivity index (χ0v) is 13.7. The van der Waals surface area contributed by atoms with Crippen molar-refractivity contribution in [2.75, 3.05) is 19.1 Å². The lowest BCUT2D eigenvalue weighted by Crippen LogP contribution is -2.38. The van der Waals surface area contributed by atoms with Crippen molar-refractivity contribution in [3.63, 3.8) is 0 Å². The van der Waals surface area contributed by atoms with E-state index in [2.05, 4.69) is 0 Å². The first-order chi connectivity index (χ1) is 9.75. The molecule has 0 fully saturated rings. The van der Waals surface area contributed by atoms with Crippen LogP contribution in [0.5, 0.6) is 0 Å². The largest absolute Gasteiger partial charge is 0.478 e. The van der Waals surface area contributed by atoms with Crippen LogP contribution in [-0.4, -0.2) is 48.9 Å². The van der Waals surface area contributed by atoms with E-state index in [9.17, 15) is 17.6 Å². The number of hydrogen-bond donors (Lipinski definition) is 1. The molecule has 8 heteroatoms. The zero-order chi connectivity index (χ0) is 16.2. The predicted octanol–water partition coefficient (Wildman–Crippen LogP) is 2.29. The molecule has 0 aliphatic heterocycles. The number of sulfonamides is 1. The van der Waals surface area contributed by atoms with Gasteiger partial charge in [-0.05, 0) is 30.9 Å². The quantitative estimate of drug-likeness (QED) is 0.827. The molecule has 1 unspecified atom stereocenters. The topological polar surface area (TPSA) is 74.7 Å². The summed E-state index contributed by atoms with van der Waals surface area (Å²) >= 11 is 1.49. The van der Waals surface area contributed by atoms with E-state index in [4.69, 9.17) is 5.11 Å². The first-order valence-corrected chi connectivity index (χ1v) is 9.08. The Hall–Kier alpha value is -1.12. The minimum absolute atomic E-state index is 0.282. The Kier molecular flexibility index (Phi) is 6.18. The first kappa shape index (κ1) is 17.9. The van der Waals surface area contributed by atoms with Gasteiger partial charge in [-0.2, -0.15) is 16.1 Å². The number of thioether (sulfide) groups is 1. The standard InChI is InChI=1S/C13H18FNO4S2/c1-4-10(8-20-3)15(2)21(18,19)12-7-9(14)5-6-11(12)13(16)17/h5-7,10H,4,8H2,1-3H3,(H,16,17). The normalized spacial score (nSPS) is 13.4. The molecule has 1 N–H and O–H groups in total. The number of aromatic carboxylic acids is 1.